The molecule has 4 rings (SSSR count). The number of urea groups is 1. The number of carboxylic acids is 1. The SMILES string of the molecule is Cc1ccc(NC(=O)N(Cc2ccc(C(=O)NC[C@@H](O)C(=O)O)cc2)c2ccc(C3CCCCC3)cc2)cc1Br. The lowest BCUT2D eigenvalue weighted by molar-refractivity contribution is -0.146. The van der Waals surface area contributed by atoms with Crippen molar-refractivity contribution < 1.29 is 24.6 Å². The summed E-state index contributed by atoms with van der Waals surface area (Å²) in [6.45, 7) is 1.85. The first-order valence-electron chi connectivity index (χ1n) is 13.4. The number of carboxylic acid groups (broad SMARTS) is 1. The summed E-state index contributed by atoms with van der Waals surface area (Å²) in [4.78, 5) is 38.3. The molecule has 1 aliphatic carbocycles. The molecule has 4 N–H and O–H groups in total. The number of anilines is 2. The van der Waals surface area contributed by atoms with Gasteiger partial charge in [0.05, 0.1) is 13.1 Å². The van der Waals surface area contributed by atoms with Crippen LogP contribution in [0, 0.1) is 6.92 Å². The van der Waals surface area contributed by atoms with Gasteiger partial charge in [-0.1, -0.05) is 65.5 Å². The highest BCUT2D eigenvalue weighted by Gasteiger charge is 2.20. The van der Waals surface area contributed by atoms with E-state index < -0.39 is 24.5 Å². The minimum absolute atomic E-state index is 0.265. The zero-order chi connectivity index (χ0) is 28.6. The Morgan fingerprint density at radius 1 is 0.975 bits per heavy atom. The van der Waals surface area contributed by atoms with Crippen LogP contribution in [0.2, 0.25) is 0 Å². The number of halogens is 1. The first-order valence-corrected chi connectivity index (χ1v) is 14.2. The molecule has 1 atom stereocenters. The van der Waals surface area contributed by atoms with Gasteiger partial charge in [-0.15, -0.1) is 0 Å². The fourth-order valence-electron chi connectivity index (χ4n) is 4.83. The van der Waals surface area contributed by atoms with Crippen molar-refractivity contribution in [3.05, 3.63) is 93.5 Å². The van der Waals surface area contributed by atoms with E-state index in [2.05, 4.69) is 38.7 Å². The normalized spacial score (nSPS) is 14.3. The molecule has 0 saturated heterocycles. The molecule has 0 spiro atoms. The standard InChI is InChI=1S/C31H34BrN3O5/c1-20-7-14-25(17-27(20)32)34-31(40)35(26-15-12-23(13-16-26)22-5-3-2-4-6-22)19-21-8-10-24(11-9-21)29(37)33-18-28(36)30(38)39/h7-17,22,28,36H,2-6,18-19H2,1H3,(H,33,37)(H,34,40)(H,38,39)/t28-/m1/s1. The highest BCUT2D eigenvalue weighted by atomic mass is 79.9. The second kappa shape index (κ2) is 13.6. The van der Waals surface area contributed by atoms with Crippen molar-refractivity contribution in [2.24, 2.45) is 0 Å². The monoisotopic (exact) mass is 607 g/mol. The van der Waals surface area contributed by atoms with Crippen LogP contribution in [0.25, 0.3) is 0 Å². The molecule has 0 unspecified atom stereocenters. The summed E-state index contributed by atoms with van der Waals surface area (Å²) in [6.07, 6.45) is 4.52. The third-order valence-electron chi connectivity index (χ3n) is 7.25. The Hall–Kier alpha value is -3.69. The first-order chi connectivity index (χ1) is 19.2. The van der Waals surface area contributed by atoms with Crippen molar-refractivity contribution in [1.29, 1.82) is 0 Å². The topological polar surface area (TPSA) is 119 Å². The molecule has 0 aliphatic heterocycles. The summed E-state index contributed by atoms with van der Waals surface area (Å²) in [7, 11) is 0. The van der Waals surface area contributed by atoms with E-state index in [1.807, 2.05) is 37.3 Å². The van der Waals surface area contributed by atoms with Crippen molar-refractivity contribution in [2.75, 3.05) is 16.8 Å². The average molecular weight is 609 g/mol. The van der Waals surface area contributed by atoms with E-state index in [0.29, 0.717) is 17.2 Å². The molecule has 3 aromatic carbocycles. The highest BCUT2D eigenvalue weighted by Crippen LogP contribution is 2.33. The van der Waals surface area contributed by atoms with Crippen LogP contribution in [0.1, 0.15) is 65.1 Å². The Bertz CT molecular complexity index is 1340. The zero-order valence-electron chi connectivity index (χ0n) is 22.4. The molecule has 1 saturated carbocycles. The quantitative estimate of drug-likeness (QED) is 0.230. The van der Waals surface area contributed by atoms with Crippen molar-refractivity contribution in [3.63, 3.8) is 0 Å². The third kappa shape index (κ3) is 7.70. The second-order valence-electron chi connectivity index (χ2n) is 10.2. The van der Waals surface area contributed by atoms with E-state index in [0.717, 1.165) is 21.3 Å². The third-order valence-corrected chi connectivity index (χ3v) is 8.10. The smallest absolute Gasteiger partial charge is 0.334 e. The van der Waals surface area contributed by atoms with Crippen molar-refractivity contribution in [1.82, 2.24) is 5.32 Å². The maximum Gasteiger partial charge on any atom is 0.334 e. The molecule has 40 heavy (non-hydrogen) atoms. The Morgan fingerprint density at radius 2 is 1.65 bits per heavy atom. The number of hydrogen-bond donors (Lipinski definition) is 4. The van der Waals surface area contributed by atoms with Crippen LogP contribution in [0.15, 0.2) is 71.2 Å². The average Bonchev–Trinajstić information content (AvgIpc) is 2.97. The second-order valence-corrected chi connectivity index (χ2v) is 11.0. The number of benzene rings is 3. The van der Waals surface area contributed by atoms with Crippen LogP contribution < -0.4 is 15.5 Å². The van der Waals surface area contributed by atoms with Crippen LogP contribution in [-0.2, 0) is 11.3 Å². The summed E-state index contributed by atoms with van der Waals surface area (Å²) in [5, 5.41) is 23.6. The predicted molar refractivity (Wildman–Crippen MR) is 159 cm³/mol. The molecule has 1 aliphatic rings. The van der Waals surface area contributed by atoms with Gasteiger partial charge in [-0.25, -0.2) is 9.59 Å². The van der Waals surface area contributed by atoms with Gasteiger partial charge in [0.15, 0.2) is 6.10 Å². The molecule has 210 valence electrons. The summed E-state index contributed by atoms with van der Waals surface area (Å²) in [6, 6.07) is 20.3. The molecule has 1 fully saturated rings. The summed E-state index contributed by atoms with van der Waals surface area (Å²) < 4.78 is 0.901. The maximum absolute atomic E-state index is 13.5. The molecule has 0 aromatic heterocycles. The summed E-state index contributed by atoms with van der Waals surface area (Å²) >= 11 is 3.52. The Balaban J connectivity index is 1.52. The summed E-state index contributed by atoms with van der Waals surface area (Å²) in [5.41, 5.74) is 4.91. The molecule has 0 radical (unpaired) electrons. The lowest BCUT2D eigenvalue weighted by Crippen LogP contribution is -2.36. The molecule has 3 amide bonds. The number of nitrogens with one attached hydrogen (secondary N) is 2. The van der Waals surface area contributed by atoms with E-state index in [-0.39, 0.29) is 12.6 Å². The van der Waals surface area contributed by atoms with Gasteiger partial charge in [-0.2, -0.15) is 0 Å². The Kier molecular flexibility index (Phi) is 9.95. The molecular weight excluding hydrogens is 574 g/mol. The zero-order valence-corrected chi connectivity index (χ0v) is 24.0. The van der Waals surface area contributed by atoms with Gasteiger partial charge in [-0.3, -0.25) is 9.69 Å². The van der Waals surface area contributed by atoms with Gasteiger partial charge < -0.3 is 20.8 Å². The molecule has 9 heteroatoms. The van der Waals surface area contributed by atoms with Crippen LogP contribution in [-0.4, -0.2) is 40.8 Å². The number of nitrogens with zero attached hydrogens (tertiary/aromatic N) is 1. The van der Waals surface area contributed by atoms with E-state index in [4.69, 9.17) is 5.11 Å². The number of aliphatic hydroxyl groups is 1. The number of carbonyl (C=O) groups excluding carboxylic acids is 2. The molecular formula is C31H34BrN3O5. The lowest BCUT2D eigenvalue weighted by atomic mass is 9.84. The minimum Gasteiger partial charge on any atom is -0.479 e. The van der Waals surface area contributed by atoms with E-state index >= 15 is 0 Å². The fourth-order valence-corrected chi connectivity index (χ4v) is 5.21. The lowest BCUT2D eigenvalue weighted by Gasteiger charge is -2.26. The van der Waals surface area contributed by atoms with Crippen LogP contribution >= 0.6 is 15.9 Å². The minimum atomic E-state index is -1.67. The van der Waals surface area contributed by atoms with Crippen molar-refractivity contribution in [3.8, 4) is 0 Å². The molecule has 0 bridgehead atoms. The van der Waals surface area contributed by atoms with E-state index in [1.165, 1.54) is 37.7 Å². The van der Waals surface area contributed by atoms with Gasteiger partial charge in [0.1, 0.15) is 0 Å². The van der Waals surface area contributed by atoms with Gasteiger partial charge in [0, 0.05) is 21.4 Å². The van der Waals surface area contributed by atoms with E-state index in [9.17, 15) is 19.5 Å². The van der Waals surface area contributed by atoms with Gasteiger partial charge in [-0.05, 0) is 78.8 Å². The van der Waals surface area contributed by atoms with Crippen LogP contribution in [0.5, 0.6) is 0 Å². The predicted octanol–water partition coefficient (Wildman–Crippen LogP) is 6.22. The number of aliphatic hydroxyl groups excluding tert-OH is 1. The van der Waals surface area contributed by atoms with Crippen LogP contribution in [0.3, 0.4) is 0 Å². The molecule has 8 nitrogen and oxygen atoms in total. The van der Waals surface area contributed by atoms with Gasteiger partial charge >= 0.3 is 12.0 Å². The van der Waals surface area contributed by atoms with Crippen molar-refractivity contribution in [2.45, 2.75) is 57.6 Å². The Morgan fingerprint density at radius 3 is 2.27 bits per heavy atom. The number of carbonyl (C=O) groups is 3. The van der Waals surface area contributed by atoms with Crippen molar-refractivity contribution >= 4 is 45.2 Å². The number of amides is 3. The number of rotatable bonds is 9. The Labute approximate surface area is 242 Å². The molecule has 3 aromatic rings. The summed E-state index contributed by atoms with van der Waals surface area (Å²) in [5.74, 6) is -1.34. The molecule has 0 heterocycles. The first kappa shape index (κ1) is 29.3. The highest BCUT2D eigenvalue weighted by molar-refractivity contribution is 9.10. The maximum atomic E-state index is 13.5. The van der Waals surface area contributed by atoms with Gasteiger partial charge in [0.25, 0.3) is 5.91 Å². The number of aliphatic carboxylic acids is 1. The number of hydrogen-bond acceptors (Lipinski definition) is 4. The van der Waals surface area contributed by atoms with Crippen LogP contribution in [0.4, 0.5) is 16.2 Å². The van der Waals surface area contributed by atoms with E-state index in [1.54, 1.807) is 29.2 Å². The van der Waals surface area contributed by atoms with Gasteiger partial charge in [0.2, 0.25) is 0 Å². The fraction of sp³-hybridized carbons (Fsp3) is 0.323. The number of aryl methyl sites for hydroxylation is 1. The largest absolute Gasteiger partial charge is 0.479 e.